The van der Waals surface area contributed by atoms with E-state index < -0.39 is 12.1 Å². The number of rotatable bonds is 5. The van der Waals surface area contributed by atoms with E-state index in [1.165, 1.54) is 0 Å². The van der Waals surface area contributed by atoms with Gasteiger partial charge in [-0.2, -0.15) is 0 Å². The van der Waals surface area contributed by atoms with Crippen LogP contribution in [0.4, 0.5) is 4.79 Å². The van der Waals surface area contributed by atoms with Gasteiger partial charge in [-0.3, -0.25) is 4.79 Å². The highest BCUT2D eigenvalue weighted by Crippen LogP contribution is 2.33. The number of carbonyl (C=O) groups excluding carboxylic acids is 1. The van der Waals surface area contributed by atoms with Crippen LogP contribution in [-0.4, -0.2) is 44.6 Å². The number of carboxylic acid groups (broad SMARTS) is 1. The maximum absolute atomic E-state index is 13.1. The van der Waals surface area contributed by atoms with Gasteiger partial charge in [-0.1, -0.05) is 25.8 Å². The second-order valence-corrected chi connectivity index (χ2v) is 8.47. The summed E-state index contributed by atoms with van der Waals surface area (Å²) in [5.41, 5.74) is 2.70. The number of H-pyrrole nitrogens is 1. The Balaban J connectivity index is 1.85. The first-order chi connectivity index (χ1) is 14.3. The molecule has 1 fully saturated rings. The molecule has 3 N–H and O–H groups in total. The van der Waals surface area contributed by atoms with Gasteiger partial charge < -0.3 is 20.3 Å². The lowest BCUT2D eigenvalue weighted by molar-refractivity contribution is -0.135. The van der Waals surface area contributed by atoms with Crippen molar-refractivity contribution in [1.29, 1.82) is 0 Å². The lowest BCUT2D eigenvalue weighted by Crippen LogP contribution is -2.50. The number of benzene rings is 1. The van der Waals surface area contributed by atoms with E-state index in [1.54, 1.807) is 18.0 Å². The Kier molecular flexibility index (Phi) is 6.83. The molecule has 0 unspecified atom stereocenters. The molecule has 2 atom stereocenters. The van der Waals surface area contributed by atoms with Crippen molar-refractivity contribution >= 4 is 27.9 Å². The van der Waals surface area contributed by atoms with Crippen molar-refractivity contribution in [1.82, 2.24) is 20.2 Å². The molecule has 7 nitrogen and oxygen atoms in total. The Morgan fingerprint density at radius 2 is 2.17 bits per heavy atom. The van der Waals surface area contributed by atoms with Crippen molar-refractivity contribution in [2.24, 2.45) is 5.92 Å². The van der Waals surface area contributed by atoms with E-state index in [0.29, 0.717) is 12.4 Å². The highest BCUT2D eigenvalue weighted by Gasteiger charge is 2.37. The van der Waals surface area contributed by atoms with Crippen LogP contribution < -0.4 is 5.32 Å². The molecule has 158 valence electrons. The highest BCUT2D eigenvalue weighted by molar-refractivity contribution is 9.10. The third kappa shape index (κ3) is 4.68. The Hall–Kier alpha value is -2.79. The second-order valence-electron chi connectivity index (χ2n) is 7.61. The molecule has 0 aliphatic carbocycles. The van der Waals surface area contributed by atoms with Crippen molar-refractivity contribution in [3.63, 3.8) is 0 Å². The summed E-state index contributed by atoms with van der Waals surface area (Å²) >= 11 is 3.51. The quantitative estimate of drug-likeness (QED) is 0.568. The van der Waals surface area contributed by atoms with Gasteiger partial charge in [-0.05, 0) is 53.7 Å². The number of hydrogen-bond acceptors (Lipinski definition) is 3. The van der Waals surface area contributed by atoms with Gasteiger partial charge in [0.05, 0.1) is 17.9 Å². The third-order valence-electron chi connectivity index (χ3n) is 5.20. The predicted octanol–water partition coefficient (Wildman–Crippen LogP) is 4.17. The number of imidazole rings is 1. The largest absolute Gasteiger partial charge is 0.465 e. The van der Waals surface area contributed by atoms with E-state index in [9.17, 15) is 9.59 Å². The van der Waals surface area contributed by atoms with E-state index in [4.69, 9.17) is 5.11 Å². The van der Waals surface area contributed by atoms with Crippen LogP contribution in [0.3, 0.4) is 0 Å². The topological polar surface area (TPSA) is 98.3 Å². The zero-order valence-corrected chi connectivity index (χ0v) is 18.8. The predicted molar refractivity (Wildman–Crippen MR) is 118 cm³/mol. The van der Waals surface area contributed by atoms with Crippen LogP contribution in [0.2, 0.25) is 0 Å². The van der Waals surface area contributed by atoms with E-state index in [1.807, 2.05) is 32.0 Å². The molecule has 0 bridgehead atoms. The molecule has 0 saturated carbocycles. The maximum Gasteiger partial charge on any atom is 0.405 e. The van der Waals surface area contributed by atoms with Gasteiger partial charge in [0.15, 0.2) is 0 Å². The van der Waals surface area contributed by atoms with Crippen LogP contribution in [0, 0.1) is 17.8 Å². The first-order valence-corrected chi connectivity index (χ1v) is 10.7. The standard InChI is InChI=1S/C22H25BrN4O3/c1-4-6-14-11-15(8-9-16(14)23)17-12-24-20(25-17)18-7-5-10-27(18)21(28)19(13(2)3)26-22(29)30/h8-9,11-13,18-19,26H,5,7,10H2,1-3H3,(H,24,25)(H,29,30)/t18-,19-/m0/s1. The van der Waals surface area contributed by atoms with Crippen LogP contribution in [0.25, 0.3) is 11.3 Å². The summed E-state index contributed by atoms with van der Waals surface area (Å²) in [5.74, 6) is 6.32. The van der Waals surface area contributed by atoms with Crippen LogP contribution in [0.15, 0.2) is 28.9 Å². The first kappa shape index (κ1) is 21.9. The van der Waals surface area contributed by atoms with E-state index >= 15 is 0 Å². The Bertz CT molecular complexity index is 1010. The number of aromatic nitrogens is 2. The fourth-order valence-electron chi connectivity index (χ4n) is 3.72. The normalized spacial score (nSPS) is 16.8. The van der Waals surface area contributed by atoms with Crippen molar-refractivity contribution in [3.8, 4) is 23.1 Å². The zero-order valence-electron chi connectivity index (χ0n) is 17.2. The van der Waals surface area contributed by atoms with Crippen LogP contribution >= 0.6 is 15.9 Å². The molecule has 2 amide bonds. The minimum atomic E-state index is -1.20. The minimum Gasteiger partial charge on any atom is -0.465 e. The van der Waals surface area contributed by atoms with Crippen LogP contribution in [-0.2, 0) is 4.79 Å². The number of nitrogens with one attached hydrogen (secondary N) is 2. The fraction of sp³-hybridized carbons (Fsp3) is 0.409. The van der Waals surface area contributed by atoms with E-state index in [0.717, 1.165) is 34.1 Å². The SMILES string of the molecule is CC#Cc1cc(-c2cnc([C@@H]3CCCN3C(=O)[C@@H](NC(=O)O)C(C)C)[nH]2)ccc1Br. The van der Waals surface area contributed by atoms with Crippen molar-refractivity contribution in [2.75, 3.05) is 6.54 Å². The van der Waals surface area contributed by atoms with Crippen molar-refractivity contribution < 1.29 is 14.7 Å². The average molecular weight is 473 g/mol. The van der Waals surface area contributed by atoms with Crippen LogP contribution in [0.5, 0.6) is 0 Å². The van der Waals surface area contributed by atoms with Crippen LogP contribution in [0.1, 0.15) is 51.0 Å². The second kappa shape index (κ2) is 9.35. The smallest absolute Gasteiger partial charge is 0.405 e. The molecule has 0 spiro atoms. The zero-order chi connectivity index (χ0) is 21.8. The average Bonchev–Trinajstić information content (AvgIpc) is 3.36. The molecule has 2 heterocycles. The minimum absolute atomic E-state index is 0.150. The van der Waals surface area contributed by atoms with Gasteiger partial charge in [0.2, 0.25) is 5.91 Å². The molecular weight excluding hydrogens is 448 g/mol. The number of likely N-dealkylation sites (tertiary alicyclic amines) is 1. The lowest BCUT2D eigenvalue weighted by atomic mass is 10.0. The van der Waals surface area contributed by atoms with Gasteiger partial charge in [-0.15, -0.1) is 5.92 Å². The molecule has 30 heavy (non-hydrogen) atoms. The number of amides is 2. The Labute approximate surface area is 184 Å². The molecule has 3 rings (SSSR count). The Morgan fingerprint density at radius 1 is 1.40 bits per heavy atom. The lowest BCUT2D eigenvalue weighted by Gasteiger charge is -2.29. The first-order valence-electron chi connectivity index (χ1n) is 9.89. The van der Waals surface area contributed by atoms with E-state index in [-0.39, 0.29) is 17.9 Å². The number of nitrogens with zero attached hydrogens (tertiary/aromatic N) is 2. The number of halogens is 1. The molecule has 2 aromatic rings. The monoisotopic (exact) mass is 472 g/mol. The molecule has 1 aromatic heterocycles. The molecule has 8 heteroatoms. The summed E-state index contributed by atoms with van der Waals surface area (Å²) < 4.78 is 0.929. The number of aromatic amines is 1. The Morgan fingerprint density at radius 3 is 2.83 bits per heavy atom. The summed E-state index contributed by atoms with van der Waals surface area (Å²) in [7, 11) is 0. The van der Waals surface area contributed by atoms with Crippen molar-refractivity contribution in [2.45, 2.75) is 45.7 Å². The van der Waals surface area contributed by atoms with Gasteiger partial charge in [0.25, 0.3) is 0 Å². The summed E-state index contributed by atoms with van der Waals surface area (Å²) in [6, 6.07) is 4.94. The van der Waals surface area contributed by atoms with Gasteiger partial charge in [0.1, 0.15) is 11.9 Å². The molecule has 1 saturated heterocycles. The molecular formula is C22H25BrN4O3. The summed E-state index contributed by atoms with van der Waals surface area (Å²) in [4.78, 5) is 33.8. The number of carbonyl (C=O) groups is 2. The summed E-state index contributed by atoms with van der Waals surface area (Å²) in [5, 5.41) is 11.5. The summed E-state index contributed by atoms with van der Waals surface area (Å²) in [6.45, 7) is 6.04. The third-order valence-corrected chi connectivity index (χ3v) is 5.89. The van der Waals surface area contributed by atoms with Gasteiger partial charge in [0, 0.05) is 22.1 Å². The molecule has 1 aliphatic rings. The number of hydrogen-bond donors (Lipinski definition) is 3. The van der Waals surface area contributed by atoms with Crippen molar-refractivity contribution in [3.05, 3.63) is 40.3 Å². The summed E-state index contributed by atoms with van der Waals surface area (Å²) in [6.07, 6.45) is 2.19. The molecule has 1 aliphatic heterocycles. The highest BCUT2D eigenvalue weighted by atomic mass is 79.9. The fourth-order valence-corrected chi connectivity index (χ4v) is 4.06. The molecule has 0 radical (unpaired) electrons. The molecule has 1 aromatic carbocycles. The van der Waals surface area contributed by atoms with E-state index in [2.05, 4.69) is 43.1 Å². The van der Waals surface area contributed by atoms with Gasteiger partial charge in [-0.25, -0.2) is 9.78 Å². The maximum atomic E-state index is 13.1. The van der Waals surface area contributed by atoms with Gasteiger partial charge >= 0.3 is 6.09 Å².